The maximum absolute atomic E-state index is 12.7. The lowest BCUT2D eigenvalue weighted by atomic mass is 10.1. The molecule has 0 aromatic rings. The highest BCUT2D eigenvalue weighted by Crippen LogP contribution is 2.25. The molecule has 0 spiro atoms. The van der Waals surface area contributed by atoms with Gasteiger partial charge in [-0.2, -0.15) is 0 Å². The van der Waals surface area contributed by atoms with E-state index in [1.807, 2.05) is 0 Å². The highest BCUT2D eigenvalue weighted by molar-refractivity contribution is 5.67. The molecule has 1 rings (SSSR count). The first-order chi connectivity index (χ1) is 8.81. The van der Waals surface area contributed by atoms with E-state index in [1.165, 1.54) is 20.8 Å². The molecule has 0 aromatic carbocycles. The van der Waals surface area contributed by atoms with E-state index in [9.17, 15) is 14.0 Å². The van der Waals surface area contributed by atoms with E-state index in [2.05, 4.69) is 5.32 Å². The molecule has 4 atom stereocenters. The van der Waals surface area contributed by atoms with Crippen LogP contribution in [-0.2, 0) is 23.8 Å². The van der Waals surface area contributed by atoms with Gasteiger partial charge in [0.1, 0.15) is 5.83 Å². The van der Waals surface area contributed by atoms with Crippen LogP contribution in [0.4, 0.5) is 4.39 Å². The fourth-order valence-corrected chi connectivity index (χ4v) is 1.83. The molecule has 6 nitrogen and oxygen atoms in total. The van der Waals surface area contributed by atoms with Gasteiger partial charge in [-0.15, -0.1) is 0 Å². The van der Waals surface area contributed by atoms with Gasteiger partial charge in [0.25, 0.3) is 0 Å². The van der Waals surface area contributed by atoms with Crippen molar-refractivity contribution >= 4 is 11.9 Å². The van der Waals surface area contributed by atoms with Crippen molar-refractivity contribution in [3.63, 3.8) is 0 Å². The smallest absolute Gasteiger partial charge is 0.303 e. The van der Waals surface area contributed by atoms with E-state index in [1.54, 1.807) is 6.92 Å². The molecule has 2 unspecified atom stereocenters. The molecule has 19 heavy (non-hydrogen) atoms. The van der Waals surface area contributed by atoms with Crippen molar-refractivity contribution in [3.05, 3.63) is 12.0 Å². The van der Waals surface area contributed by atoms with E-state index >= 15 is 0 Å². The summed E-state index contributed by atoms with van der Waals surface area (Å²) < 4.78 is 28.3. The topological polar surface area (TPSA) is 73.9 Å². The first-order valence-corrected chi connectivity index (χ1v) is 5.89. The van der Waals surface area contributed by atoms with Gasteiger partial charge in [-0.1, -0.05) is 0 Å². The minimum atomic E-state index is -0.827. The zero-order valence-corrected chi connectivity index (χ0v) is 11.3. The lowest BCUT2D eigenvalue weighted by Crippen LogP contribution is -2.43. The van der Waals surface area contributed by atoms with Crippen LogP contribution in [0.3, 0.4) is 0 Å². The van der Waals surface area contributed by atoms with E-state index in [0.29, 0.717) is 0 Å². The molecule has 108 valence electrons. The van der Waals surface area contributed by atoms with Crippen LogP contribution in [0.1, 0.15) is 27.7 Å². The number of halogens is 1. The van der Waals surface area contributed by atoms with Gasteiger partial charge in [0.05, 0.1) is 6.10 Å². The molecule has 0 amide bonds. The van der Waals surface area contributed by atoms with Crippen molar-refractivity contribution in [2.45, 2.75) is 52.2 Å². The molecule has 0 saturated carbocycles. The zero-order valence-electron chi connectivity index (χ0n) is 11.3. The molecule has 1 N–H and O–H groups in total. The van der Waals surface area contributed by atoms with Crippen molar-refractivity contribution in [1.29, 1.82) is 0 Å². The van der Waals surface area contributed by atoms with Gasteiger partial charge in [-0.3, -0.25) is 9.59 Å². The monoisotopic (exact) mass is 275 g/mol. The third-order valence-corrected chi connectivity index (χ3v) is 2.50. The van der Waals surface area contributed by atoms with Gasteiger partial charge in [-0.05, 0) is 13.8 Å². The van der Waals surface area contributed by atoms with Crippen LogP contribution in [0.5, 0.6) is 0 Å². The minimum Gasteiger partial charge on any atom is -0.456 e. The number of carbonyl (C=O) groups excluding carboxylic acids is 2. The third kappa shape index (κ3) is 4.51. The van der Waals surface area contributed by atoms with Gasteiger partial charge >= 0.3 is 11.9 Å². The van der Waals surface area contributed by atoms with Crippen LogP contribution in [0.2, 0.25) is 0 Å². The predicted molar refractivity (Wildman–Crippen MR) is 63.4 cm³/mol. The fourth-order valence-electron chi connectivity index (χ4n) is 1.83. The second-order valence-corrected chi connectivity index (χ2v) is 4.31. The highest BCUT2D eigenvalue weighted by Gasteiger charge is 2.46. The molecule has 1 aliphatic heterocycles. The summed E-state index contributed by atoms with van der Waals surface area (Å²) in [4.78, 5) is 22.1. The normalized spacial score (nSPS) is 30.9. The number of rotatable bonds is 4. The van der Waals surface area contributed by atoms with Gasteiger partial charge in [-0.25, -0.2) is 4.39 Å². The Bertz CT molecular complexity index is 380. The summed E-state index contributed by atoms with van der Waals surface area (Å²) in [5.41, 5.74) is 0. The van der Waals surface area contributed by atoms with Crippen molar-refractivity contribution < 1.29 is 28.2 Å². The van der Waals surface area contributed by atoms with Crippen LogP contribution >= 0.6 is 0 Å². The molecule has 0 radical (unpaired) electrons. The second kappa shape index (κ2) is 6.51. The number of hydrogen-bond acceptors (Lipinski definition) is 6. The van der Waals surface area contributed by atoms with Gasteiger partial charge < -0.3 is 19.5 Å². The SMILES string of the molecule is CC(=O)OC1C(OC(C)=O)[C@@H](C)O[C@H]1N/C=C(\C)F. The average Bonchev–Trinajstić information content (AvgIpc) is 2.53. The van der Waals surface area contributed by atoms with Crippen LogP contribution in [-0.4, -0.2) is 36.5 Å². The Morgan fingerprint density at radius 1 is 1.16 bits per heavy atom. The number of ether oxygens (including phenoxy) is 3. The first kappa shape index (κ1) is 15.4. The molecule has 0 bridgehead atoms. The summed E-state index contributed by atoms with van der Waals surface area (Å²) in [6, 6.07) is 0. The van der Waals surface area contributed by atoms with Crippen LogP contribution < -0.4 is 5.32 Å². The molecule has 1 heterocycles. The number of carbonyl (C=O) groups is 2. The lowest BCUT2D eigenvalue weighted by Gasteiger charge is -2.22. The summed E-state index contributed by atoms with van der Waals surface area (Å²) in [5, 5.41) is 2.64. The average molecular weight is 275 g/mol. The van der Waals surface area contributed by atoms with Gasteiger partial charge in [0.2, 0.25) is 0 Å². The number of nitrogens with one attached hydrogen (secondary N) is 1. The van der Waals surface area contributed by atoms with Gasteiger partial charge in [0.15, 0.2) is 18.4 Å². The van der Waals surface area contributed by atoms with E-state index < -0.39 is 42.3 Å². The summed E-state index contributed by atoms with van der Waals surface area (Å²) in [6.07, 6.45) is -1.70. The van der Waals surface area contributed by atoms with Crippen molar-refractivity contribution in [2.24, 2.45) is 0 Å². The third-order valence-electron chi connectivity index (χ3n) is 2.50. The summed E-state index contributed by atoms with van der Waals surface area (Å²) in [7, 11) is 0. The molecular formula is C12H18FNO5. The fraction of sp³-hybridized carbons (Fsp3) is 0.667. The Morgan fingerprint density at radius 3 is 2.16 bits per heavy atom. The highest BCUT2D eigenvalue weighted by atomic mass is 19.1. The van der Waals surface area contributed by atoms with Crippen LogP contribution in [0, 0.1) is 0 Å². The molecule has 1 fully saturated rings. The molecule has 1 saturated heterocycles. The standard InChI is InChI=1S/C12H18FNO5/c1-6(13)5-14-12-11(19-9(4)16)10(7(2)17-12)18-8(3)15/h5,7,10-12,14H,1-4H3/b6-5+/t7-,10?,11?,12-/m1/s1. The Kier molecular flexibility index (Phi) is 5.29. The largest absolute Gasteiger partial charge is 0.456 e. The van der Waals surface area contributed by atoms with Gasteiger partial charge in [0, 0.05) is 20.0 Å². The zero-order chi connectivity index (χ0) is 14.6. The maximum atomic E-state index is 12.7. The van der Waals surface area contributed by atoms with E-state index in [4.69, 9.17) is 14.2 Å². The predicted octanol–water partition coefficient (Wildman–Crippen LogP) is 1.01. The van der Waals surface area contributed by atoms with Crippen molar-refractivity contribution in [3.8, 4) is 0 Å². The number of esters is 2. The second-order valence-electron chi connectivity index (χ2n) is 4.31. The van der Waals surface area contributed by atoms with Crippen molar-refractivity contribution in [1.82, 2.24) is 5.32 Å². The van der Waals surface area contributed by atoms with Crippen LogP contribution in [0.15, 0.2) is 12.0 Å². The number of allylic oxidation sites excluding steroid dienone is 1. The number of hydrogen-bond donors (Lipinski definition) is 1. The first-order valence-electron chi connectivity index (χ1n) is 5.89. The Hall–Kier alpha value is -1.63. The van der Waals surface area contributed by atoms with Crippen molar-refractivity contribution in [2.75, 3.05) is 0 Å². The molecule has 7 heteroatoms. The van der Waals surface area contributed by atoms with E-state index in [0.717, 1.165) is 6.20 Å². The molecule has 1 aliphatic rings. The molecular weight excluding hydrogens is 257 g/mol. The maximum Gasteiger partial charge on any atom is 0.303 e. The Balaban J connectivity index is 2.82. The van der Waals surface area contributed by atoms with E-state index in [-0.39, 0.29) is 0 Å². The molecule has 0 aliphatic carbocycles. The molecule has 0 aromatic heterocycles. The van der Waals surface area contributed by atoms with Crippen LogP contribution in [0.25, 0.3) is 0 Å². The quantitative estimate of drug-likeness (QED) is 0.772. The summed E-state index contributed by atoms with van der Waals surface area (Å²) in [5.74, 6) is -1.49. The lowest BCUT2D eigenvalue weighted by molar-refractivity contribution is -0.164. The Labute approximate surface area is 110 Å². The Morgan fingerprint density at radius 2 is 1.68 bits per heavy atom. The summed E-state index contributed by atoms with van der Waals surface area (Å²) in [6.45, 7) is 5.43. The minimum absolute atomic E-state index is 0.450. The summed E-state index contributed by atoms with van der Waals surface area (Å²) >= 11 is 0.